The predicted octanol–water partition coefficient (Wildman–Crippen LogP) is 2.77. The molecule has 2 aromatic rings. The van der Waals surface area contributed by atoms with Crippen LogP contribution in [0.1, 0.15) is 15.9 Å². The highest BCUT2D eigenvalue weighted by Crippen LogP contribution is 2.17. The first-order valence-electron chi connectivity index (χ1n) is 5.19. The minimum atomic E-state index is -0.167. The van der Waals surface area contributed by atoms with Crippen molar-refractivity contribution in [1.82, 2.24) is 4.57 Å². The number of amides is 1. The van der Waals surface area contributed by atoms with Crippen LogP contribution in [-0.2, 0) is 7.05 Å². The number of aryl methyl sites for hydroxylation is 2. The van der Waals surface area contributed by atoms with Crippen LogP contribution in [0.2, 0.25) is 0 Å². The molecule has 0 radical (unpaired) electrons. The van der Waals surface area contributed by atoms with Crippen LogP contribution in [-0.4, -0.2) is 10.5 Å². The summed E-state index contributed by atoms with van der Waals surface area (Å²) in [7, 11) is 1.64. The molecule has 2 aromatic heterocycles. The minimum Gasteiger partial charge on any atom is -0.321 e. The molecule has 0 saturated carbocycles. The number of pyridine rings is 1. The summed E-state index contributed by atoms with van der Waals surface area (Å²) in [6, 6.07) is 1.60. The third kappa shape index (κ3) is 2.54. The number of carbonyl (C=O) groups is 1. The number of carbonyl (C=O) groups excluding carboxylic acids is 1. The van der Waals surface area contributed by atoms with E-state index in [9.17, 15) is 9.59 Å². The fourth-order valence-corrected chi connectivity index (χ4v) is 2.89. The summed E-state index contributed by atoms with van der Waals surface area (Å²) < 4.78 is 1.84. The number of hydrogen-bond acceptors (Lipinski definition) is 3. The van der Waals surface area contributed by atoms with E-state index in [0.29, 0.717) is 15.7 Å². The molecule has 0 atom stereocenters. The molecule has 0 fully saturated rings. The van der Waals surface area contributed by atoms with Gasteiger partial charge in [-0.05, 0) is 39.9 Å². The van der Waals surface area contributed by atoms with Crippen molar-refractivity contribution in [3.8, 4) is 0 Å². The van der Waals surface area contributed by atoms with E-state index in [-0.39, 0.29) is 11.5 Å². The van der Waals surface area contributed by atoms with Gasteiger partial charge in [0, 0.05) is 18.6 Å². The molecule has 2 heterocycles. The van der Waals surface area contributed by atoms with Crippen molar-refractivity contribution in [2.75, 3.05) is 5.32 Å². The van der Waals surface area contributed by atoms with E-state index in [4.69, 9.17) is 0 Å². The Morgan fingerprint density at radius 2 is 2.17 bits per heavy atom. The first-order valence-corrected chi connectivity index (χ1v) is 6.93. The molecule has 0 aliphatic heterocycles. The number of rotatable bonds is 2. The van der Waals surface area contributed by atoms with Crippen LogP contribution < -0.4 is 10.9 Å². The molecule has 0 aromatic carbocycles. The van der Waals surface area contributed by atoms with Crippen molar-refractivity contribution in [2.45, 2.75) is 6.92 Å². The zero-order valence-electron chi connectivity index (χ0n) is 9.86. The van der Waals surface area contributed by atoms with Crippen LogP contribution in [0.15, 0.2) is 32.3 Å². The summed E-state index contributed by atoms with van der Waals surface area (Å²) in [6.45, 7) is 1.89. The lowest BCUT2D eigenvalue weighted by atomic mass is 10.2. The fraction of sp³-hybridized carbons (Fsp3) is 0.167. The summed E-state index contributed by atoms with van der Waals surface area (Å²) >= 11 is 4.66. The Bertz CT molecular complexity index is 634. The smallest absolute Gasteiger partial charge is 0.264 e. The average Bonchev–Trinajstić information content (AvgIpc) is 2.72. The number of hydrogen-bond donors (Lipinski definition) is 1. The topological polar surface area (TPSA) is 51.1 Å². The second-order valence-corrected chi connectivity index (χ2v) is 5.51. The fourth-order valence-electron chi connectivity index (χ4n) is 1.53. The van der Waals surface area contributed by atoms with Gasteiger partial charge in [-0.2, -0.15) is 11.3 Å². The van der Waals surface area contributed by atoms with E-state index < -0.39 is 0 Å². The normalized spacial score (nSPS) is 10.4. The second kappa shape index (κ2) is 5.07. The molecule has 18 heavy (non-hydrogen) atoms. The number of nitrogens with zero attached hydrogens (tertiary/aromatic N) is 1. The van der Waals surface area contributed by atoms with Crippen molar-refractivity contribution < 1.29 is 4.79 Å². The standard InChI is InChI=1S/C12H11BrN2O2S/c1-7-5-18-6-9(7)11(16)14-8-3-10(13)12(17)15(2)4-8/h3-6H,1-2H3,(H,14,16). The molecule has 0 saturated heterocycles. The lowest BCUT2D eigenvalue weighted by molar-refractivity contribution is 0.102. The molecule has 2 rings (SSSR count). The van der Waals surface area contributed by atoms with Gasteiger partial charge in [0.05, 0.1) is 15.7 Å². The monoisotopic (exact) mass is 326 g/mol. The van der Waals surface area contributed by atoms with Gasteiger partial charge in [0.2, 0.25) is 0 Å². The Balaban J connectivity index is 2.28. The first-order chi connectivity index (χ1) is 8.49. The van der Waals surface area contributed by atoms with Crippen molar-refractivity contribution >= 4 is 38.9 Å². The van der Waals surface area contributed by atoms with E-state index in [2.05, 4.69) is 21.2 Å². The van der Waals surface area contributed by atoms with Gasteiger partial charge in [-0.15, -0.1) is 0 Å². The third-order valence-corrected chi connectivity index (χ3v) is 3.93. The number of halogens is 1. The number of anilines is 1. The minimum absolute atomic E-state index is 0.139. The Kier molecular flexibility index (Phi) is 3.68. The van der Waals surface area contributed by atoms with E-state index in [1.54, 1.807) is 19.3 Å². The predicted molar refractivity (Wildman–Crippen MR) is 76.4 cm³/mol. The van der Waals surface area contributed by atoms with E-state index in [1.165, 1.54) is 15.9 Å². The van der Waals surface area contributed by atoms with Crippen LogP contribution in [0.3, 0.4) is 0 Å². The lowest BCUT2D eigenvalue weighted by Gasteiger charge is -2.07. The maximum absolute atomic E-state index is 12.0. The summed E-state index contributed by atoms with van der Waals surface area (Å²) in [5.74, 6) is -0.167. The number of thiophene rings is 1. The maximum Gasteiger partial charge on any atom is 0.264 e. The van der Waals surface area contributed by atoms with Gasteiger partial charge in [0.15, 0.2) is 0 Å². The SMILES string of the molecule is Cc1cscc1C(=O)Nc1cc(Br)c(=O)n(C)c1. The van der Waals surface area contributed by atoms with E-state index in [1.807, 2.05) is 17.7 Å². The van der Waals surface area contributed by atoms with Gasteiger partial charge < -0.3 is 9.88 Å². The van der Waals surface area contributed by atoms with Gasteiger partial charge in [0.1, 0.15) is 0 Å². The van der Waals surface area contributed by atoms with Crippen LogP contribution in [0, 0.1) is 6.92 Å². The first kappa shape index (κ1) is 13.0. The number of aromatic nitrogens is 1. The lowest BCUT2D eigenvalue weighted by Crippen LogP contribution is -2.19. The largest absolute Gasteiger partial charge is 0.321 e. The number of nitrogens with one attached hydrogen (secondary N) is 1. The van der Waals surface area contributed by atoms with Gasteiger partial charge in [0.25, 0.3) is 11.5 Å². The second-order valence-electron chi connectivity index (χ2n) is 3.92. The van der Waals surface area contributed by atoms with Gasteiger partial charge in [-0.1, -0.05) is 0 Å². The molecule has 94 valence electrons. The Hall–Kier alpha value is -1.40. The van der Waals surface area contributed by atoms with Crippen molar-refractivity contribution in [2.24, 2.45) is 7.05 Å². The van der Waals surface area contributed by atoms with Crippen LogP contribution in [0.4, 0.5) is 5.69 Å². The quantitative estimate of drug-likeness (QED) is 0.922. The molecule has 6 heteroatoms. The molecular weight excluding hydrogens is 316 g/mol. The van der Waals surface area contributed by atoms with Crippen LogP contribution in [0.5, 0.6) is 0 Å². The van der Waals surface area contributed by atoms with Gasteiger partial charge >= 0.3 is 0 Å². The average molecular weight is 327 g/mol. The molecule has 0 spiro atoms. The van der Waals surface area contributed by atoms with Gasteiger partial charge in [-0.3, -0.25) is 9.59 Å². The summed E-state index contributed by atoms with van der Waals surface area (Å²) in [4.78, 5) is 23.5. The highest BCUT2D eigenvalue weighted by atomic mass is 79.9. The highest BCUT2D eigenvalue weighted by molar-refractivity contribution is 9.10. The maximum atomic E-state index is 12.0. The van der Waals surface area contributed by atoms with Crippen molar-refractivity contribution in [3.63, 3.8) is 0 Å². The molecule has 0 aliphatic carbocycles. The Morgan fingerprint density at radius 1 is 1.44 bits per heavy atom. The molecule has 4 nitrogen and oxygen atoms in total. The van der Waals surface area contributed by atoms with Crippen LogP contribution in [0.25, 0.3) is 0 Å². The molecular formula is C12H11BrN2O2S. The van der Waals surface area contributed by atoms with E-state index >= 15 is 0 Å². The highest BCUT2D eigenvalue weighted by Gasteiger charge is 2.11. The Labute approximate surface area is 116 Å². The molecule has 1 amide bonds. The third-order valence-electron chi connectivity index (χ3n) is 2.50. The summed E-state index contributed by atoms with van der Waals surface area (Å²) in [5, 5.41) is 6.50. The van der Waals surface area contributed by atoms with Gasteiger partial charge in [-0.25, -0.2) is 0 Å². The Morgan fingerprint density at radius 3 is 2.72 bits per heavy atom. The zero-order valence-corrected chi connectivity index (χ0v) is 12.3. The molecule has 1 N–H and O–H groups in total. The molecule has 0 aliphatic rings. The summed E-state index contributed by atoms with van der Waals surface area (Å²) in [5.41, 5.74) is 2.05. The zero-order chi connectivity index (χ0) is 13.3. The summed E-state index contributed by atoms with van der Waals surface area (Å²) in [6.07, 6.45) is 1.59. The molecule has 0 unspecified atom stereocenters. The van der Waals surface area contributed by atoms with Crippen molar-refractivity contribution in [1.29, 1.82) is 0 Å². The van der Waals surface area contributed by atoms with E-state index in [0.717, 1.165) is 5.56 Å². The molecule has 0 bridgehead atoms. The van der Waals surface area contributed by atoms with Crippen LogP contribution >= 0.6 is 27.3 Å². The van der Waals surface area contributed by atoms with Crippen molar-refractivity contribution in [3.05, 3.63) is 49.0 Å².